The van der Waals surface area contributed by atoms with Crippen LogP contribution >= 0.6 is 0 Å². The van der Waals surface area contributed by atoms with Crippen molar-refractivity contribution in [2.75, 3.05) is 0 Å². The second-order valence-electron chi connectivity index (χ2n) is 4.63. The predicted molar refractivity (Wildman–Crippen MR) is 72.3 cm³/mol. The van der Waals surface area contributed by atoms with Crippen molar-refractivity contribution in [3.63, 3.8) is 0 Å². The Morgan fingerprint density at radius 2 is 2.05 bits per heavy atom. The van der Waals surface area contributed by atoms with Gasteiger partial charge in [-0.3, -0.25) is 0 Å². The number of primary sulfonamides is 1. The van der Waals surface area contributed by atoms with Crippen LogP contribution in [0.4, 0.5) is 4.39 Å². The molecule has 0 saturated heterocycles. The van der Waals surface area contributed by atoms with Crippen molar-refractivity contribution in [3.8, 4) is 0 Å². The second-order valence-corrected chi connectivity index (χ2v) is 6.16. The third kappa shape index (κ3) is 4.01. The molecule has 112 valence electrons. The second kappa shape index (κ2) is 6.32. The lowest BCUT2D eigenvalue weighted by Gasteiger charge is -2.13. The van der Waals surface area contributed by atoms with Gasteiger partial charge in [0.1, 0.15) is 5.82 Å². The number of sulfonamides is 1. The molecule has 0 amide bonds. The van der Waals surface area contributed by atoms with Crippen LogP contribution in [-0.4, -0.2) is 20.5 Å². The highest BCUT2D eigenvalue weighted by Gasteiger charge is 2.20. The van der Waals surface area contributed by atoms with Gasteiger partial charge in [-0.1, -0.05) is 13.3 Å². The van der Waals surface area contributed by atoms with E-state index in [0.29, 0.717) is 6.42 Å². The van der Waals surface area contributed by atoms with E-state index in [4.69, 9.17) is 9.88 Å². The van der Waals surface area contributed by atoms with Crippen molar-refractivity contribution in [2.45, 2.75) is 44.6 Å². The normalized spacial score (nSPS) is 13.1. The highest BCUT2D eigenvalue weighted by molar-refractivity contribution is 7.89. The first-order chi connectivity index (χ1) is 9.16. The van der Waals surface area contributed by atoms with Crippen LogP contribution in [-0.2, 0) is 14.8 Å². The molecule has 2 N–H and O–H groups in total. The Morgan fingerprint density at radius 1 is 1.45 bits per heavy atom. The average molecular weight is 303 g/mol. The summed E-state index contributed by atoms with van der Waals surface area (Å²) in [7, 11) is -4.10. The third-order valence-corrected chi connectivity index (χ3v) is 3.88. The molecule has 20 heavy (non-hydrogen) atoms. The molecule has 0 heterocycles. The van der Waals surface area contributed by atoms with Crippen molar-refractivity contribution in [1.29, 1.82) is 0 Å². The standard InChI is InChI=1S/C13H18FNO4S/c1-4-5-8(2)19-13(16)10-6-11(14)9(3)12(7-10)20(15,17)18/h6-8H,4-5H2,1-3H3,(H2,15,17,18). The Labute approximate surface area is 118 Å². The van der Waals surface area contributed by atoms with Gasteiger partial charge in [-0.25, -0.2) is 22.7 Å². The smallest absolute Gasteiger partial charge is 0.338 e. The highest BCUT2D eigenvalue weighted by atomic mass is 32.2. The Hall–Kier alpha value is -1.47. The van der Waals surface area contributed by atoms with Crippen molar-refractivity contribution in [1.82, 2.24) is 0 Å². The molecule has 0 aliphatic heterocycles. The summed E-state index contributed by atoms with van der Waals surface area (Å²) in [4.78, 5) is 11.4. The minimum atomic E-state index is -4.10. The fraction of sp³-hybridized carbons (Fsp3) is 0.462. The lowest BCUT2D eigenvalue weighted by Crippen LogP contribution is -2.18. The molecule has 5 nitrogen and oxygen atoms in total. The van der Waals surface area contributed by atoms with Crippen LogP contribution in [0.3, 0.4) is 0 Å². The largest absolute Gasteiger partial charge is 0.459 e. The van der Waals surface area contributed by atoms with E-state index in [1.807, 2.05) is 6.92 Å². The summed E-state index contributed by atoms with van der Waals surface area (Å²) >= 11 is 0. The van der Waals surface area contributed by atoms with E-state index in [1.165, 1.54) is 6.92 Å². The number of carbonyl (C=O) groups excluding carboxylic acids is 1. The molecular weight excluding hydrogens is 285 g/mol. The fourth-order valence-corrected chi connectivity index (χ4v) is 2.60. The van der Waals surface area contributed by atoms with Crippen molar-refractivity contribution < 1.29 is 22.3 Å². The van der Waals surface area contributed by atoms with E-state index < -0.39 is 26.7 Å². The van der Waals surface area contributed by atoms with Crippen molar-refractivity contribution in [3.05, 3.63) is 29.1 Å². The van der Waals surface area contributed by atoms with Gasteiger partial charge in [-0.15, -0.1) is 0 Å². The van der Waals surface area contributed by atoms with Crippen LogP contribution < -0.4 is 5.14 Å². The van der Waals surface area contributed by atoms with E-state index >= 15 is 0 Å². The first-order valence-electron chi connectivity index (χ1n) is 6.20. The Bertz CT molecular complexity index is 613. The average Bonchev–Trinajstić information content (AvgIpc) is 2.30. The number of carbonyl (C=O) groups is 1. The van der Waals surface area contributed by atoms with Gasteiger partial charge in [0, 0.05) is 5.56 Å². The third-order valence-electron chi connectivity index (χ3n) is 2.84. The number of ether oxygens (including phenoxy) is 1. The fourth-order valence-electron chi connectivity index (χ4n) is 1.78. The van der Waals surface area contributed by atoms with Gasteiger partial charge < -0.3 is 4.74 Å². The SMILES string of the molecule is CCCC(C)OC(=O)c1cc(F)c(C)c(S(N)(=O)=O)c1. The van der Waals surface area contributed by atoms with Gasteiger partial charge >= 0.3 is 5.97 Å². The van der Waals surface area contributed by atoms with Gasteiger partial charge in [0.05, 0.1) is 16.6 Å². The van der Waals surface area contributed by atoms with Crippen LogP contribution in [0.25, 0.3) is 0 Å². The molecule has 0 saturated carbocycles. The number of halogens is 1. The summed E-state index contributed by atoms with van der Waals surface area (Å²) in [5, 5.41) is 5.00. The maximum absolute atomic E-state index is 13.7. The van der Waals surface area contributed by atoms with Gasteiger partial charge in [0.15, 0.2) is 0 Å². The lowest BCUT2D eigenvalue weighted by atomic mass is 10.1. The molecule has 0 fully saturated rings. The quantitative estimate of drug-likeness (QED) is 0.844. The van der Waals surface area contributed by atoms with Crippen LogP contribution in [0.15, 0.2) is 17.0 Å². The Balaban J connectivity index is 3.15. The summed E-state index contributed by atoms with van der Waals surface area (Å²) in [5.74, 6) is -1.58. The topological polar surface area (TPSA) is 86.5 Å². The van der Waals surface area contributed by atoms with E-state index in [0.717, 1.165) is 18.6 Å². The number of hydrogen-bond acceptors (Lipinski definition) is 4. The maximum atomic E-state index is 13.7. The molecule has 1 aromatic rings. The van der Waals surface area contributed by atoms with Gasteiger partial charge in [0.25, 0.3) is 0 Å². The van der Waals surface area contributed by atoms with E-state index in [1.54, 1.807) is 6.92 Å². The van der Waals surface area contributed by atoms with E-state index in [2.05, 4.69) is 0 Å². The molecule has 0 aliphatic carbocycles. The number of hydrogen-bond donors (Lipinski definition) is 1. The van der Waals surface area contributed by atoms with Crippen LogP contribution in [0.5, 0.6) is 0 Å². The van der Waals surface area contributed by atoms with Gasteiger partial charge in [-0.2, -0.15) is 0 Å². The first-order valence-corrected chi connectivity index (χ1v) is 7.75. The molecule has 1 aromatic carbocycles. The van der Waals surface area contributed by atoms with Crippen LogP contribution in [0.2, 0.25) is 0 Å². The number of nitrogens with two attached hydrogens (primary N) is 1. The molecule has 0 aliphatic rings. The van der Waals surface area contributed by atoms with Crippen molar-refractivity contribution >= 4 is 16.0 Å². The minimum absolute atomic E-state index is 0.120. The molecular formula is C13H18FNO4S. The van der Waals surface area contributed by atoms with Crippen molar-refractivity contribution in [2.24, 2.45) is 5.14 Å². The Morgan fingerprint density at radius 3 is 2.55 bits per heavy atom. The highest BCUT2D eigenvalue weighted by Crippen LogP contribution is 2.20. The minimum Gasteiger partial charge on any atom is -0.459 e. The van der Waals surface area contributed by atoms with E-state index in [-0.39, 0.29) is 17.2 Å². The summed E-state index contributed by atoms with van der Waals surface area (Å²) in [6.07, 6.45) is 1.18. The first kappa shape index (κ1) is 16.6. The summed E-state index contributed by atoms with van der Waals surface area (Å²) in [6, 6.07) is 1.99. The Kier molecular flexibility index (Phi) is 5.24. The van der Waals surface area contributed by atoms with Crippen LogP contribution in [0.1, 0.15) is 42.6 Å². The molecule has 1 atom stereocenters. The summed E-state index contributed by atoms with van der Waals surface area (Å²) in [6.45, 7) is 4.94. The molecule has 0 bridgehead atoms. The molecule has 0 radical (unpaired) electrons. The summed E-state index contributed by atoms with van der Waals surface area (Å²) in [5.41, 5.74) is -0.286. The van der Waals surface area contributed by atoms with E-state index in [9.17, 15) is 17.6 Å². The van der Waals surface area contributed by atoms with Gasteiger partial charge in [-0.05, 0) is 32.4 Å². The molecule has 1 rings (SSSR count). The van der Waals surface area contributed by atoms with Gasteiger partial charge in [0.2, 0.25) is 10.0 Å². The molecule has 0 aromatic heterocycles. The monoisotopic (exact) mass is 303 g/mol. The zero-order valence-electron chi connectivity index (χ0n) is 11.6. The lowest BCUT2D eigenvalue weighted by molar-refractivity contribution is 0.0322. The number of benzene rings is 1. The maximum Gasteiger partial charge on any atom is 0.338 e. The van der Waals surface area contributed by atoms with Crippen LogP contribution in [0, 0.1) is 12.7 Å². The number of esters is 1. The number of rotatable bonds is 5. The molecule has 0 spiro atoms. The molecule has 1 unspecified atom stereocenters. The predicted octanol–water partition coefficient (Wildman–Crippen LogP) is 2.13. The zero-order valence-corrected chi connectivity index (χ0v) is 12.5. The zero-order chi connectivity index (χ0) is 15.5. The molecule has 7 heteroatoms. The summed E-state index contributed by atoms with van der Waals surface area (Å²) < 4.78 is 41.5.